The van der Waals surface area contributed by atoms with Gasteiger partial charge in [-0.1, -0.05) is 30.3 Å². The van der Waals surface area contributed by atoms with Crippen molar-refractivity contribution in [1.29, 1.82) is 0 Å². The number of carbonyl (C=O) groups excluding carboxylic acids is 1. The molecule has 0 aliphatic carbocycles. The molecule has 22 heavy (non-hydrogen) atoms. The van der Waals surface area contributed by atoms with E-state index in [1.54, 1.807) is 0 Å². The van der Waals surface area contributed by atoms with Gasteiger partial charge in [-0.3, -0.25) is 9.69 Å². The number of rotatable bonds is 4. The zero-order valence-corrected chi connectivity index (χ0v) is 13.0. The van der Waals surface area contributed by atoms with Crippen molar-refractivity contribution < 1.29 is 9.53 Å². The Morgan fingerprint density at radius 2 is 2.09 bits per heavy atom. The molecule has 1 heterocycles. The molecule has 1 amide bonds. The van der Waals surface area contributed by atoms with Crippen LogP contribution in [0.2, 0.25) is 0 Å². The smallest absolute Gasteiger partial charge is 0.234 e. The molecule has 4 nitrogen and oxygen atoms in total. The van der Waals surface area contributed by atoms with Crippen LogP contribution in [0.1, 0.15) is 18.9 Å². The van der Waals surface area contributed by atoms with Crippen LogP contribution in [0, 0.1) is 0 Å². The van der Waals surface area contributed by atoms with Crippen molar-refractivity contribution in [2.24, 2.45) is 0 Å². The van der Waals surface area contributed by atoms with Crippen molar-refractivity contribution in [3.8, 4) is 5.75 Å². The largest absolute Gasteiger partial charge is 0.494 e. The highest BCUT2D eigenvalue weighted by Gasteiger charge is 2.18. The molecule has 116 valence electrons. The lowest BCUT2D eigenvalue weighted by Crippen LogP contribution is -2.32. The van der Waals surface area contributed by atoms with Crippen LogP contribution in [0.3, 0.4) is 0 Å². The molecule has 4 heteroatoms. The number of carbonyl (C=O) groups is 1. The van der Waals surface area contributed by atoms with Crippen molar-refractivity contribution in [3.05, 3.63) is 42.0 Å². The van der Waals surface area contributed by atoms with E-state index in [0.717, 1.165) is 31.8 Å². The van der Waals surface area contributed by atoms with Gasteiger partial charge >= 0.3 is 0 Å². The van der Waals surface area contributed by atoms with E-state index in [0.29, 0.717) is 13.2 Å². The van der Waals surface area contributed by atoms with E-state index >= 15 is 0 Å². The van der Waals surface area contributed by atoms with Gasteiger partial charge in [0.1, 0.15) is 5.75 Å². The summed E-state index contributed by atoms with van der Waals surface area (Å²) in [5.74, 6) is 1.03. The second kappa shape index (κ2) is 6.79. The molecular weight excluding hydrogens is 276 g/mol. The standard InChI is InChI=1S/C18H22N2O2/c1-2-22-17-9-8-14-6-3-4-7-15(14)16(17)12-20-11-5-10-19-18(21)13-20/h3-4,6-9H,2,5,10-13H2,1H3,(H,19,21). The lowest BCUT2D eigenvalue weighted by Gasteiger charge is -2.21. The highest BCUT2D eigenvalue weighted by atomic mass is 16.5. The van der Waals surface area contributed by atoms with Gasteiger partial charge in [0.05, 0.1) is 13.2 Å². The van der Waals surface area contributed by atoms with Crippen molar-refractivity contribution in [2.75, 3.05) is 26.2 Å². The van der Waals surface area contributed by atoms with Crippen LogP contribution in [0.5, 0.6) is 5.75 Å². The zero-order valence-electron chi connectivity index (χ0n) is 13.0. The first-order chi connectivity index (χ1) is 10.8. The summed E-state index contributed by atoms with van der Waals surface area (Å²) in [6.45, 7) is 5.53. The Morgan fingerprint density at radius 3 is 2.95 bits per heavy atom. The maximum atomic E-state index is 11.8. The molecule has 1 saturated heterocycles. The molecule has 2 aromatic carbocycles. The Labute approximate surface area is 131 Å². The first-order valence-corrected chi connectivity index (χ1v) is 7.90. The van der Waals surface area contributed by atoms with E-state index in [1.165, 1.54) is 16.3 Å². The van der Waals surface area contributed by atoms with E-state index in [1.807, 2.05) is 19.1 Å². The van der Waals surface area contributed by atoms with Gasteiger partial charge in [0.2, 0.25) is 5.91 Å². The average Bonchev–Trinajstić information content (AvgIpc) is 2.74. The summed E-state index contributed by atoms with van der Waals surface area (Å²) in [5, 5.41) is 5.34. The maximum absolute atomic E-state index is 11.8. The third-order valence-electron chi connectivity index (χ3n) is 4.02. The predicted octanol–water partition coefficient (Wildman–Crippen LogP) is 2.56. The number of amides is 1. The lowest BCUT2D eigenvalue weighted by atomic mass is 10.0. The number of hydrogen-bond acceptors (Lipinski definition) is 3. The SMILES string of the molecule is CCOc1ccc2ccccc2c1CN1CCCNC(=O)C1. The van der Waals surface area contributed by atoms with Gasteiger partial charge in [0.25, 0.3) is 0 Å². The molecule has 0 spiro atoms. The van der Waals surface area contributed by atoms with Crippen LogP contribution in [0.4, 0.5) is 0 Å². The highest BCUT2D eigenvalue weighted by molar-refractivity contribution is 5.87. The van der Waals surface area contributed by atoms with Crippen LogP contribution in [-0.4, -0.2) is 37.0 Å². The minimum absolute atomic E-state index is 0.107. The Morgan fingerprint density at radius 1 is 1.23 bits per heavy atom. The first-order valence-electron chi connectivity index (χ1n) is 7.90. The second-order valence-electron chi connectivity index (χ2n) is 5.61. The number of nitrogens with zero attached hydrogens (tertiary/aromatic N) is 1. The van der Waals surface area contributed by atoms with Gasteiger partial charge < -0.3 is 10.1 Å². The van der Waals surface area contributed by atoms with Gasteiger partial charge in [-0.15, -0.1) is 0 Å². The summed E-state index contributed by atoms with van der Waals surface area (Å²) in [7, 11) is 0. The number of ether oxygens (including phenoxy) is 1. The molecule has 2 aromatic rings. The summed E-state index contributed by atoms with van der Waals surface area (Å²) in [4.78, 5) is 14.0. The molecular formula is C18H22N2O2. The molecule has 0 atom stereocenters. The van der Waals surface area contributed by atoms with E-state index in [-0.39, 0.29) is 5.91 Å². The molecule has 1 aliphatic rings. The van der Waals surface area contributed by atoms with Crippen molar-refractivity contribution in [1.82, 2.24) is 10.2 Å². The van der Waals surface area contributed by atoms with Crippen LogP contribution >= 0.6 is 0 Å². The third kappa shape index (κ3) is 3.22. The van der Waals surface area contributed by atoms with Gasteiger partial charge in [0, 0.05) is 25.2 Å². The molecule has 1 aliphatic heterocycles. The van der Waals surface area contributed by atoms with Crippen LogP contribution < -0.4 is 10.1 Å². The summed E-state index contributed by atoms with van der Waals surface area (Å²) >= 11 is 0. The quantitative estimate of drug-likeness (QED) is 0.943. The molecule has 0 unspecified atom stereocenters. The molecule has 0 bridgehead atoms. The van der Waals surface area contributed by atoms with Gasteiger partial charge in [-0.2, -0.15) is 0 Å². The molecule has 1 N–H and O–H groups in total. The van der Waals surface area contributed by atoms with Crippen LogP contribution in [-0.2, 0) is 11.3 Å². The fraction of sp³-hybridized carbons (Fsp3) is 0.389. The van der Waals surface area contributed by atoms with Gasteiger partial charge in [-0.25, -0.2) is 0 Å². The summed E-state index contributed by atoms with van der Waals surface area (Å²) in [5.41, 5.74) is 1.18. The highest BCUT2D eigenvalue weighted by Crippen LogP contribution is 2.29. The van der Waals surface area contributed by atoms with Crippen LogP contribution in [0.15, 0.2) is 36.4 Å². The molecule has 0 aromatic heterocycles. The summed E-state index contributed by atoms with van der Waals surface area (Å²) in [6, 6.07) is 12.5. The molecule has 0 saturated carbocycles. The summed E-state index contributed by atoms with van der Waals surface area (Å²) < 4.78 is 5.82. The monoisotopic (exact) mass is 298 g/mol. The van der Waals surface area contributed by atoms with Crippen molar-refractivity contribution in [3.63, 3.8) is 0 Å². The number of nitrogens with one attached hydrogen (secondary N) is 1. The third-order valence-corrected chi connectivity index (χ3v) is 4.02. The van der Waals surface area contributed by atoms with E-state index in [4.69, 9.17) is 4.74 Å². The fourth-order valence-corrected chi connectivity index (χ4v) is 3.00. The molecule has 1 fully saturated rings. The van der Waals surface area contributed by atoms with Gasteiger partial charge in [-0.05, 0) is 30.2 Å². The normalized spacial score (nSPS) is 16.3. The van der Waals surface area contributed by atoms with E-state index in [9.17, 15) is 4.79 Å². The Bertz CT molecular complexity index is 669. The lowest BCUT2D eigenvalue weighted by molar-refractivity contribution is -0.121. The van der Waals surface area contributed by atoms with Crippen molar-refractivity contribution in [2.45, 2.75) is 19.9 Å². The Balaban J connectivity index is 1.96. The molecule has 0 radical (unpaired) electrons. The van der Waals surface area contributed by atoms with Crippen molar-refractivity contribution >= 4 is 16.7 Å². The minimum atomic E-state index is 0.107. The number of benzene rings is 2. The predicted molar refractivity (Wildman–Crippen MR) is 88.0 cm³/mol. The minimum Gasteiger partial charge on any atom is -0.494 e. The maximum Gasteiger partial charge on any atom is 0.234 e. The second-order valence-corrected chi connectivity index (χ2v) is 5.61. The summed E-state index contributed by atoms with van der Waals surface area (Å²) in [6.07, 6.45) is 0.987. The fourth-order valence-electron chi connectivity index (χ4n) is 3.00. The Kier molecular flexibility index (Phi) is 4.59. The molecule has 3 rings (SSSR count). The number of hydrogen-bond donors (Lipinski definition) is 1. The van der Waals surface area contributed by atoms with E-state index in [2.05, 4.69) is 34.5 Å². The zero-order chi connectivity index (χ0) is 15.4. The van der Waals surface area contributed by atoms with Gasteiger partial charge in [0.15, 0.2) is 0 Å². The van der Waals surface area contributed by atoms with E-state index < -0.39 is 0 Å². The Hall–Kier alpha value is -2.07. The first kappa shape index (κ1) is 14.9. The topological polar surface area (TPSA) is 41.6 Å². The average molecular weight is 298 g/mol. The number of fused-ring (bicyclic) bond motifs is 1. The van der Waals surface area contributed by atoms with Crippen LogP contribution in [0.25, 0.3) is 10.8 Å².